The molecule has 0 amide bonds. The van der Waals surface area contributed by atoms with Crippen molar-refractivity contribution in [3.05, 3.63) is 83.4 Å². The van der Waals surface area contributed by atoms with Crippen LogP contribution in [-0.4, -0.2) is 38.5 Å². The van der Waals surface area contributed by atoms with Gasteiger partial charge in [0.1, 0.15) is 6.04 Å². The Kier molecular flexibility index (Phi) is 7.42. The van der Waals surface area contributed by atoms with Gasteiger partial charge < -0.3 is 14.7 Å². The molecule has 0 radical (unpaired) electrons. The highest BCUT2D eigenvalue weighted by Gasteiger charge is 2.34. The highest BCUT2D eigenvalue weighted by Crippen LogP contribution is 2.40. The SMILES string of the molecule is Cc1ccccc1-c1ccc(-c2nc(-c3cccc(CNC(C(=O)O)C(C)O)c3)no2)cc1C(F)(F)F. The highest BCUT2D eigenvalue weighted by molar-refractivity contribution is 5.75. The maximum absolute atomic E-state index is 14.0. The van der Waals surface area contributed by atoms with Gasteiger partial charge in [-0.1, -0.05) is 53.7 Å². The average Bonchev–Trinajstić information content (AvgIpc) is 3.34. The first-order chi connectivity index (χ1) is 17.5. The molecule has 2 atom stereocenters. The van der Waals surface area contributed by atoms with E-state index in [2.05, 4.69) is 15.5 Å². The number of nitrogens with zero attached hydrogens (tertiary/aromatic N) is 2. The van der Waals surface area contributed by atoms with Crippen LogP contribution in [0, 0.1) is 6.92 Å². The molecular formula is C27H24F3N3O4. The van der Waals surface area contributed by atoms with Gasteiger partial charge >= 0.3 is 12.1 Å². The maximum Gasteiger partial charge on any atom is 0.417 e. The minimum atomic E-state index is -4.60. The summed E-state index contributed by atoms with van der Waals surface area (Å²) in [7, 11) is 0. The van der Waals surface area contributed by atoms with Gasteiger partial charge in [-0.2, -0.15) is 18.2 Å². The molecule has 0 spiro atoms. The largest absolute Gasteiger partial charge is 0.480 e. The van der Waals surface area contributed by atoms with Gasteiger partial charge in [0.05, 0.1) is 11.7 Å². The molecule has 37 heavy (non-hydrogen) atoms. The smallest absolute Gasteiger partial charge is 0.417 e. The van der Waals surface area contributed by atoms with Crippen LogP contribution in [0.25, 0.3) is 34.0 Å². The number of nitrogens with one attached hydrogen (secondary N) is 1. The molecule has 1 aromatic heterocycles. The number of alkyl halides is 3. The molecule has 0 bridgehead atoms. The molecule has 4 aromatic rings. The van der Waals surface area contributed by atoms with E-state index in [4.69, 9.17) is 4.52 Å². The molecule has 0 aliphatic carbocycles. The van der Waals surface area contributed by atoms with E-state index in [1.807, 2.05) is 0 Å². The molecule has 10 heteroatoms. The second-order valence-electron chi connectivity index (χ2n) is 8.63. The summed E-state index contributed by atoms with van der Waals surface area (Å²) < 4.78 is 47.2. The summed E-state index contributed by atoms with van der Waals surface area (Å²) in [5.74, 6) is -1.08. The van der Waals surface area contributed by atoms with Crippen molar-refractivity contribution in [2.75, 3.05) is 0 Å². The van der Waals surface area contributed by atoms with E-state index in [9.17, 15) is 28.2 Å². The number of aryl methyl sites for hydroxylation is 1. The number of hydrogen-bond acceptors (Lipinski definition) is 6. The minimum Gasteiger partial charge on any atom is -0.480 e. The quantitative estimate of drug-likeness (QED) is 0.294. The van der Waals surface area contributed by atoms with Crippen molar-refractivity contribution in [1.29, 1.82) is 0 Å². The topological polar surface area (TPSA) is 108 Å². The summed E-state index contributed by atoms with van der Waals surface area (Å²) in [4.78, 5) is 15.6. The van der Waals surface area contributed by atoms with Crippen LogP contribution in [0.1, 0.15) is 23.6 Å². The summed E-state index contributed by atoms with van der Waals surface area (Å²) in [5.41, 5.74) is 1.81. The summed E-state index contributed by atoms with van der Waals surface area (Å²) in [6, 6.07) is 16.5. The van der Waals surface area contributed by atoms with Gasteiger partial charge in [0.25, 0.3) is 5.89 Å². The molecule has 0 saturated carbocycles. The number of rotatable bonds is 8. The molecule has 3 aromatic carbocycles. The number of aliphatic carboxylic acids is 1. The number of aliphatic hydroxyl groups excluding tert-OH is 1. The normalized spacial score (nSPS) is 13.4. The fourth-order valence-corrected chi connectivity index (χ4v) is 3.99. The molecule has 4 rings (SSSR count). The van der Waals surface area contributed by atoms with Gasteiger partial charge in [-0.15, -0.1) is 0 Å². The van der Waals surface area contributed by atoms with E-state index in [-0.39, 0.29) is 29.4 Å². The summed E-state index contributed by atoms with van der Waals surface area (Å²) in [6.45, 7) is 3.28. The zero-order valence-corrected chi connectivity index (χ0v) is 20.0. The third-order valence-corrected chi connectivity index (χ3v) is 5.89. The van der Waals surface area contributed by atoms with E-state index in [0.29, 0.717) is 16.7 Å². The minimum absolute atomic E-state index is 0.0613. The number of carboxylic acids is 1. The molecule has 0 saturated heterocycles. The van der Waals surface area contributed by atoms with Crippen molar-refractivity contribution in [1.82, 2.24) is 15.5 Å². The molecule has 2 unspecified atom stereocenters. The van der Waals surface area contributed by atoms with Crippen LogP contribution < -0.4 is 5.32 Å². The van der Waals surface area contributed by atoms with Crippen molar-refractivity contribution in [3.8, 4) is 34.0 Å². The second-order valence-corrected chi connectivity index (χ2v) is 8.63. The fourth-order valence-electron chi connectivity index (χ4n) is 3.99. The van der Waals surface area contributed by atoms with Crippen molar-refractivity contribution in [2.45, 2.75) is 38.7 Å². The van der Waals surface area contributed by atoms with Crippen LogP contribution in [0.3, 0.4) is 0 Å². The Hall–Kier alpha value is -4.02. The van der Waals surface area contributed by atoms with Gasteiger partial charge in [-0.25, -0.2) is 0 Å². The van der Waals surface area contributed by atoms with E-state index < -0.39 is 29.9 Å². The molecule has 0 aliphatic rings. The summed E-state index contributed by atoms with van der Waals surface area (Å²) in [6.07, 6.45) is -5.70. The van der Waals surface area contributed by atoms with Crippen LogP contribution in [-0.2, 0) is 17.5 Å². The third kappa shape index (κ3) is 5.87. The summed E-state index contributed by atoms with van der Waals surface area (Å²) >= 11 is 0. The van der Waals surface area contributed by atoms with E-state index in [1.54, 1.807) is 55.5 Å². The van der Waals surface area contributed by atoms with Gasteiger partial charge in [0.2, 0.25) is 5.82 Å². The third-order valence-electron chi connectivity index (χ3n) is 5.89. The summed E-state index contributed by atoms with van der Waals surface area (Å²) in [5, 5.41) is 25.5. The van der Waals surface area contributed by atoms with Crippen LogP contribution in [0.4, 0.5) is 13.2 Å². The molecular weight excluding hydrogens is 487 g/mol. The number of aromatic nitrogens is 2. The van der Waals surface area contributed by atoms with Crippen molar-refractivity contribution in [2.24, 2.45) is 0 Å². The Morgan fingerprint density at radius 1 is 1.03 bits per heavy atom. The first kappa shape index (κ1) is 26.1. The first-order valence-corrected chi connectivity index (χ1v) is 11.4. The number of hydrogen-bond donors (Lipinski definition) is 3. The second kappa shape index (κ2) is 10.5. The molecule has 3 N–H and O–H groups in total. The van der Waals surface area contributed by atoms with Crippen LogP contribution >= 0.6 is 0 Å². The Balaban J connectivity index is 1.62. The predicted molar refractivity (Wildman–Crippen MR) is 130 cm³/mol. The lowest BCUT2D eigenvalue weighted by atomic mass is 9.94. The Morgan fingerprint density at radius 2 is 1.78 bits per heavy atom. The first-order valence-electron chi connectivity index (χ1n) is 11.4. The average molecular weight is 512 g/mol. The van der Waals surface area contributed by atoms with Gasteiger partial charge in [-0.3, -0.25) is 10.1 Å². The van der Waals surface area contributed by atoms with E-state index >= 15 is 0 Å². The molecule has 192 valence electrons. The molecule has 0 aliphatic heterocycles. The highest BCUT2D eigenvalue weighted by atomic mass is 19.4. The van der Waals surface area contributed by atoms with Gasteiger partial charge in [-0.05, 0) is 54.3 Å². The van der Waals surface area contributed by atoms with Gasteiger partial charge in [0, 0.05) is 17.7 Å². The lowest BCUT2D eigenvalue weighted by Crippen LogP contribution is -2.44. The lowest BCUT2D eigenvalue weighted by molar-refractivity contribution is -0.142. The number of benzene rings is 3. The van der Waals surface area contributed by atoms with Crippen LogP contribution in [0.15, 0.2) is 71.3 Å². The standard InChI is InChI=1S/C27H24F3N3O4/c1-15-6-3-4-9-20(15)21-11-10-19(13-22(21)27(28,29)30)25-32-24(33-37-25)18-8-5-7-17(12-18)14-31-23(16(2)34)26(35)36/h3-13,16,23,31,34H,14H2,1-2H3,(H,35,36). The lowest BCUT2D eigenvalue weighted by Gasteiger charge is -2.17. The van der Waals surface area contributed by atoms with Crippen molar-refractivity contribution < 1.29 is 32.7 Å². The number of halogens is 3. The van der Waals surface area contributed by atoms with Crippen molar-refractivity contribution in [3.63, 3.8) is 0 Å². The number of aliphatic hydroxyl groups is 1. The zero-order chi connectivity index (χ0) is 26.7. The van der Waals surface area contributed by atoms with Gasteiger partial charge in [0.15, 0.2) is 0 Å². The van der Waals surface area contributed by atoms with Crippen molar-refractivity contribution >= 4 is 5.97 Å². The maximum atomic E-state index is 14.0. The molecule has 1 heterocycles. The Labute approximate surface area is 210 Å². The van der Waals surface area contributed by atoms with Crippen LogP contribution in [0.2, 0.25) is 0 Å². The Bertz CT molecular complexity index is 1420. The molecule has 7 nitrogen and oxygen atoms in total. The predicted octanol–water partition coefficient (Wildman–Crippen LogP) is 5.32. The number of carbonyl (C=O) groups is 1. The Morgan fingerprint density at radius 3 is 2.46 bits per heavy atom. The fraction of sp³-hybridized carbons (Fsp3) is 0.222. The van der Waals surface area contributed by atoms with E-state index in [1.165, 1.54) is 19.1 Å². The monoisotopic (exact) mass is 511 g/mol. The number of carboxylic acid groups (broad SMARTS) is 1. The van der Waals surface area contributed by atoms with Crippen LogP contribution in [0.5, 0.6) is 0 Å². The zero-order valence-electron chi connectivity index (χ0n) is 20.0. The van der Waals surface area contributed by atoms with E-state index in [0.717, 1.165) is 11.6 Å². The molecule has 0 fully saturated rings.